The van der Waals surface area contributed by atoms with E-state index in [4.69, 9.17) is 9.47 Å². The number of ether oxygens (including phenoxy) is 2. The Morgan fingerprint density at radius 2 is 1.89 bits per heavy atom. The second-order valence-electron chi connectivity index (χ2n) is 4.24. The molecule has 0 unspecified atom stereocenters. The number of nitrogens with zero attached hydrogens (tertiary/aromatic N) is 1. The van der Waals surface area contributed by atoms with E-state index >= 15 is 0 Å². The van der Waals surface area contributed by atoms with Crippen LogP contribution in [0.5, 0.6) is 5.75 Å². The van der Waals surface area contributed by atoms with Gasteiger partial charge in [-0.15, -0.1) is 0 Å². The number of hydrogen-bond donors (Lipinski definition) is 0. The van der Waals surface area contributed by atoms with E-state index in [2.05, 4.69) is 4.90 Å². The normalized spacial score (nSPS) is 10.7. The number of likely N-dealkylation sites (N-methyl/N-ethyl adjacent to an activating group) is 1. The van der Waals surface area contributed by atoms with Gasteiger partial charge in [0.2, 0.25) is 0 Å². The van der Waals surface area contributed by atoms with Crippen LogP contribution in [0.25, 0.3) is 0 Å². The van der Waals surface area contributed by atoms with Crippen LogP contribution < -0.4 is 4.74 Å². The molecule has 19 heavy (non-hydrogen) atoms. The van der Waals surface area contributed by atoms with Crippen LogP contribution in [0.2, 0.25) is 0 Å². The summed E-state index contributed by atoms with van der Waals surface area (Å²) in [4.78, 5) is 14.2. The lowest BCUT2D eigenvalue weighted by Gasteiger charge is -2.18. The van der Waals surface area contributed by atoms with E-state index < -0.39 is 0 Å². The third-order valence-electron chi connectivity index (χ3n) is 2.91. The second kappa shape index (κ2) is 8.67. The number of carbonyl (C=O) groups excluding carboxylic acids is 1. The van der Waals surface area contributed by atoms with Crippen molar-refractivity contribution in [3.05, 3.63) is 29.8 Å². The van der Waals surface area contributed by atoms with Crippen molar-refractivity contribution in [3.63, 3.8) is 0 Å². The lowest BCUT2D eigenvalue weighted by Crippen LogP contribution is -2.32. The van der Waals surface area contributed by atoms with Crippen molar-refractivity contribution >= 4 is 5.78 Å². The minimum Gasteiger partial charge on any atom is -0.494 e. The molecule has 4 heteroatoms. The summed E-state index contributed by atoms with van der Waals surface area (Å²) in [6.07, 6.45) is 0. The van der Waals surface area contributed by atoms with E-state index in [-0.39, 0.29) is 5.78 Å². The van der Waals surface area contributed by atoms with Crippen molar-refractivity contribution in [3.8, 4) is 5.75 Å². The van der Waals surface area contributed by atoms with E-state index in [1.165, 1.54) is 0 Å². The van der Waals surface area contributed by atoms with Crippen LogP contribution in [0.4, 0.5) is 0 Å². The molecular weight excluding hydrogens is 242 g/mol. The van der Waals surface area contributed by atoms with Crippen molar-refractivity contribution < 1.29 is 14.3 Å². The summed E-state index contributed by atoms with van der Waals surface area (Å²) < 4.78 is 10.4. The molecule has 106 valence electrons. The van der Waals surface area contributed by atoms with E-state index in [1.54, 1.807) is 7.11 Å². The summed E-state index contributed by atoms with van der Waals surface area (Å²) in [6, 6.07) is 7.30. The number of hydrogen-bond acceptors (Lipinski definition) is 4. The number of methoxy groups -OCH3 is 1. The van der Waals surface area contributed by atoms with Gasteiger partial charge in [-0.2, -0.15) is 0 Å². The molecule has 1 aromatic carbocycles. The fourth-order valence-electron chi connectivity index (χ4n) is 1.77. The molecule has 0 amide bonds. The van der Waals surface area contributed by atoms with E-state index in [1.807, 2.05) is 38.1 Å². The number of ketones is 1. The van der Waals surface area contributed by atoms with Gasteiger partial charge in [-0.1, -0.05) is 6.92 Å². The number of benzene rings is 1. The van der Waals surface area contributed by atoms with Gasteiger partial charge < -0.3 is 9.47 Å². The van der Waals surface area contributed by atoms with Crippen LogP contribution in [0, 0.1) is 0 Å². The Labute approximate surface area is 115 Å². The summed E-state index contributed by atoms with van der Waals surface area (Å²) >= 11 is 0. The molecule has 0 aliphatic carbocycles. The van der Waals surface area contributed by atoms with Gasteiger partial charge in [0.15, 0.2) is 5.78 Å². The molecule has 0 bridgehead atoms. The number of Topliss-reactive ketones (excluding diaryl/α,β-unsaturated/α-hetero) is 1. The van der Waals surface area contributed by atoms with Crippen molar-refractivity contribution in [1.29, 1.82) is 0 Å². The van der Waals surface area contributed by atoms with Crippen LogP contribution in [-0.2, 0) is 4.74 Å². The van der Waals surface area contributed by atoms with Crippen molar-refractivity contribution in [2.75, 3.05) is 40.0 Å². The first kappa shape index (κ1) is 15.7. The zero-order chi connectivity index (χ0) is 14.1. The molecule has 1 rings (SSSR count). The predicted molar refractivity (Wildman–Crippen MR) is 75.9 cm³/mol. The topological polar surface area (TPSA) is 38.8 Å². The number of carbonyl (C=O) groups is 1. The minimum absolute atomic E-state index is 0.126. The SMILES string of the molecule is CCOc1ccc(C(=O)CN(CC)CCOC)cc1. The first-order valence-corrected chi connectivity index (χ1v) is 6.68. The molecule has 0 saturated heterocycles. The first-order valence-electron chi connectivity index (χ1n) is 6.68. The zero-order valence-corrected chi connectivity index (χ0v) is 12.0. The van der Waals surface area contributed by atoms with Crippen LogP contribution in [0.1, 0.15) is 24.2 Å². The second-order valence-corrected chi connectivity index (χ2v) is 4.24. The molecular formula is C15H23NO3. The molecule has 0 saturated carbocycles. The summed E-state index contributed by atoms with van der Waals surface area (Å²) in [5.41, 5.74) is 0.722. The maximum absolute atomic E-state index is 12.1. The third kappa shape index (κ3) is 5.41. The molecule has 0 aliphatic heterocycles. The number of rotatable bonds is 9. The van der Waals surface area contributed by atoms with Crippen LogP contribution in [0.15, 0.2) is 24.3 Å². The van der Waals surface area contributed by atoms with Crippen LogP contribution in [-0.4, -0.2) is 50.6 Å². The molecule has 0 spiro atoms. The van der Waals surface area contributed by atoms with Gasteiger partial charge in [0.25, 0.3) is 0 Å². The van der Waals surface area contributed by atoms with Crippen LogP contribution in [0.3, 0.4) is 0 Å². The predicted octanol–water partition coefficient (Wildman–Crippen LogP) is 2.24. The highest BCUT2D eigenvalue weighted by atomic mass is 16.5. The Morgan fingerprint density at radius 3 is 2.42 bits per heavy atom. The quantitative estimate of drug-likeness (QED) is 0.642. The van der Waals surface area contributed by atoms with Gasteiger partial charge in [-0.25, -0.2) is 0 Å². The summed E-state index contributed by atoms with van der Waals surface area (Å²) in [5.74, 6) is 0.923. The highest BCUT2D eigenvalue weighted by Crippen LogP contribution is 2.12. The average Bonchev–Trinajstić information content (AvgIpc) is 2.44. The minimum atomic E-state index is 0.126. The Bertz CT molecular complexity index is 375. The Hall–Kier alpha value is -1.39. The maximum atomic E-state index is 12.1. The van der Waals surface area contributed by atoms with E-state index in [0.29, 0.717) is 19.8 Å². The molecule has 0 atom stereocenters. The summed E-state index contributed by atoms with van der Waals surface area (Å²) in [6.45, 7) is 7.29. The van der Waals surface area contributed by atoms with Crippen molar-refractivity contribution in [2.45, 2.75) is 13.8 Å². The Balaban J connectivity index is 2.56. The molecule has 0 heterocycles. The van der Waals surface area contributed by atoms with Gasteiger partial charge in [-0.05, 0) is 37.7 Å². The van der Waals surface area contributed by atoms with Crippen LogP contribution >= 0.6 is 0 Å². The molecule has 0 radical (unpaired) electrons. The molecule has 4 nitrogen and oxygen atoms in total. The standard InChI is InChI=1S/C15H23NO3/c1-4-16(10-11-18-3)12-15(17)13-6-8-14(9-7-13)19-5-2/h6-9H,4-5,10-12H2,1-3H3. The largest absolute Gasteiger partial charge is 0.494 e. The fraction of sp³-hybridized carbons (Fsp3) is 0.533. The van der Waals surface area contributed by atoms with E-state index in [0.717, 1.165) is 24.4 Å². The van der Waals surface area contributed by atoms with Gasteiger partial charge in [0.05, 0.1) is 19.8 Å². The summed E-state index contributed by atoms with van der Waals surface area (Å²) in [5, 5.41) is 0. The monoisotopic (exact) mass is 265 g/mol. The summed E-state index contributed by atoms with van der Waals surface area (Å²) in [7, 11) is 1.67. The molecule has 0 fully saturated rings. The van der Waals surface area contributed by atoms with E-state index in [9.17, 15) is 4.79 Å². The Morgan fingerprint density at radius 1 is 1.21 bits per heavy atom. The third-order valence-corrected chi connectivity index (χ3v) is 2.91. The first-order chi connectivity index (χ1) is 9.21. The lowest BCUT2D eigenvalue weighted by molar-refractivity contribution is 0.0902. The molecule has 0 aliphatic rings. The van der Waals surface area contributed by atoms with Gasteiger partial charge in [0, 0.05) is 19.2 Å². The smallest absolute Gasteiger partial charge is 0.176 e. The Kier molecular flexibility index (Phi) is 7.15. The lowest BCUT2D eigenvalue weighted by atomic mass is 10.1. The van der Waals surface area contributed by atoms with Crippen molar-refractivity contribution in [1.82, 2.24) is 4.90 Å². The van der Waals surface area contributed by atoms with Gasteiger partial charge in [-0.3, -0.25) is 9.69 Å². The average molecular weight is 265 g/mol. The fourth-order valence-corrected chi connectivity index (χ4v) is 1.77. The van der Waals surface area contributed by atoms with Gasteiger partial charge in [0.1, 0.15) is 5.75 Å². The van der Waals surface area contributed by atoms with Crippen molar-refractivity contribution in [2.24, 2.45) is 0 Å². The maximum Gasteiger partial charge on any atom is 0.176 e. The molecule has 0 N–H and O–H groups in total. The molecule has 1 aromatic rings. The highest BCUT2D eigenvalue weighted by molar-refractivity contribution is 5.97. The van der Waals surface area contributed by atoms with Gasteiger partial charge >= 0.3 is 0 Å². The highest BCUT2D eigenvalue weighted by Gasteiger charge is 2.11. The zero-order valence-electron chi connectivity index (χ0n) is 12.0. The molecule has 0 aromatic heterocycles.